The lowest BCUT2D eigenvalue weighted by molar-refractivity contribution is -0.137. The second kappa shape index (κ2) is 13.5. The minimum Gasteiger partial charge on any atom is -0.379 e. The number of nitrogens with zero attached hydrogens (tertiary/aromatic N) is 3. The maximum absolute atomic E-state index is 13.2. The van der Waals surface area contributed by atoms with E-state index in [1.165, 1.54) is 18.5 Å². The molecule has 1 unspecified atom stereocenters. The zero-order chi connectivity index (χ0) is 28.8. The molecule has 4 heterocycles. The predicted octanol–water partition coefficient (Wildman–Crippen LogP) is 4.22. The molecule has 4 atom stereocenters. The molecule has 0 spiro atoms. The molecule has 224 valence electrons. The molecule has 0 radical (unpaired) electrons. The number of hydrogen-bond acceptors (Lipinski definition) is 8. The van der Waals surface area contributed by atoms with E-state index in [2.05, 4.69) is 20.6 Å². The van der Waals surface area contributed by atoms with E-state index in [0.29, 0.717) is 43.8 Å². The molecule has 0 saturated carbocycles. The van der Waals surface area contributed by atoms with Crippen molar-refractivity contribution in [2.45, 2.75) is 75.1 Å². The first-order chi connectivity index (χ1) is 19.8. The number of rotatable bonds is 8. The number of hydrogen-bond donors (Lipinski definition) is 2. The second-order valence-corrected chi connectivity index (χ2v) is 10.9. The molecule has 3 saturated heterocycles. The summed E-state index contributed by atoms with van der Waals surface area (Å²) in [5.41, 5.74) is 0.411. The van der Waals surface area contributed by atoms with Crippen molar-refractivity contribution in [3.05, 3.63) is 53.5 Å². The standard InChI is InChI=1S/C29H38F3N5O4/c1-39-26-17-40-14-11-23(26)36-21-9-12-37(13-10-21)28(38)24-15-27(35-18-34-24)33-16-22-3-2-4-25(41-22)19-5-7-20(8-6-19)29(30,31)32/h5-8,15,18,21-23,25-26,36H,2-4,9-14,16-17H2,1H3,(H,33,34,35)/t22-,23?,25+,26+/m1/s1. The molecule has 41 heavy (non-hydrogen) atoms. The van der Waals surface area contributed by atoms with Crippen molar-refractivity contribution in [3.8, 4) is 0 Å². The van der Waals surface area contributed by atoms with Gasteiger partial charge in [0.25, 0.3) is 5.91 Å². The average molecular weight is 578 g/mol. The maximum Gasteiger partial charge on any atom is 0.416 e. The number of likely N-dealkylation sites (tertiary alicyclic amines) is 1. The molecule has 0 bridgehead atoms. The molecule has 0 aliphatic carbocycles. The number of ether oxygens (including phenoxy) is 3. The zero-order valence-corrected chi connectivity index (χ0v) is 23.2. The topological polar surface area (TPSA) is 97.8 Å². The van der Waals surface area contributed by atoms with Gasteiger partial charge in [0.1, 0.15) is 17.8 Å². The summed E-state index contributed by atoms with van der Waals surface area (Å²) >= 11 is 0. The van der Waals surface area contributed by atoms with Crippen LogP contribution in [-0.2, 0) is 20.4 Å². The number of benzene rings is 1. The van der Waals surface area contributed by atoms with Crippen LogP contribution in [-0.4, -0.2) is 85.0 Å². The first-order valence-corrected chi connectivity index (χ1v) is 14.3. The number of piperidine rings is 1. The summed E-state index contributed by atoms with van der Waals surface area (Å²) in [7, 11) is 1.71. The fourth-order valence-electron chi connectivity index (χ4n) is 5.82. The van der Waals surface area contributed by atoms with Gasteiger partial charge in [-0.15, -0.1) is 0 Å². The van der Waals surface area contributed by atoms with Crippen LogP contribution >= 0.6 is 0 Å². The lowest BCUT2D eigenvalue weighted by Gasteiger charge is -2.38. The van der Waals surface area contributed by atoms with Crippen molar-refractivity contribution in [2.24, 2.45) is 0 Å². The van der Waals surface area contributed by atoms with Crippen LogP contribution in [0.25, 0.3) is 0 Å². The molecule has 1 aromatic carbocycles. The molecular formula is C29H38F3N5O4. The first kappa shape index (κ1) is 29.7. The summed E-state index contributed by atoms with van der Waals surface area (Å²) in [5.74, 6) is 0.413. The Hall–Kier alpha value is -2.80. The number of alkyl halides is 3. The van der Waals surface area contributed by atoms with E-state index < -0.39 is 11.7 Å². The predicted molar refractivity (Wildman–Crippen MR) is 146 cm³/mol. The smallest absolute Gasteiger partial charge is 0.379 e. The van der Waals surface area contributed by atoms with Crippen LogP contribution in [0.15, 0.2) is 36.7 Å². The summed E-state index contributed by atoms with van der Waals surface area (Å²) in [4.78, 5) is 23.5. The van der Waals surface area contributed by atoms with Gasteiger partial charge in [-0.3, -0.25) is 4.79 Å². The minimum absolute atomic E-state index is 0.0464. The third-order valence-corrected chi connectivity index (χ3v) is 8.19. The highest BCUT2D eigenvalue weighted by molar-refractivity contribution is 5.93. The highest BCUT2D eigenvalue weighted by Crippen LogP contribution is 2.34. The van der Waals surface area contributed by atoms with Crippen LogP contribution in [0.2, 0.25) is 0 Å². The molecule has 9 nitrogen and oxygen atoms in total. The molecule has 2 aromatic rings. The van der Waals surface area contributed by atoms with Crippen molar-refractivity contribution < 1.29 is 32.2 Å². The number of methoxy groups -OCH3 is 1. The van der Waals surface area contributed by atoms with E-state index in [1.54, 1.807) is 13.2 Å². The van der Waals surface area contributed by atoms with E-state index in [4.69, 9.17) is 14.2 Å². The van der Waals surface area contributed by atoms with Crippen molar-refractivity contribution in [3.63, 3.8) is 0 Å². The van der Waals surface area contributed by atoms with Crippen molar-refractivity contribution in [2.75, 3.05) is 45.3 Å². The Kier molecular flexibility index (Phi) is 9.74. The third-order valence-electron chi connectivity index (χ3n) is 8.19. The molecule has 2 N–H and O–H groups in total. The van der Waals surface area contributed by atoms with Crippen LogP contribution in [0, 0.1) is 0 Å². The SMILES string of the molecule is CO[C@H]1COCCC1NC1CCN(C(=O)c2cc(NC[C@H]3CCC[C@@H](c4ccc(C(F)(F)F)cc4)O3)ncn2)CC1. The quantitative estimate of drug-likeness (QED) is 0.482. The van der Waals surface area contributed by atoms with E-state index >= 15 is 0 Å². The van der Waals surface area contributed by atoms with Crippen molar-refractivity contribution in [1.82, 2.24) is 20.2 Å². The highest BCUT2D eigenvalue weighted by atomic mass is 19.4. The van der Waals surface area contributed by atoms with Crippen LogP contribution in [0.5, 0.6) is 0 Å². The summed E-state index contributed by atoms with van der Waals surface area (Å²) in [5, 5.41) is 6.95. The van der Waals surface area contributed by atoms with Gasteiger partial charge < -0.3 is 29.7 Å². The van der Waals surface area contributed by atoms with Crippen molar-refractivity contribution >= 4 is 11.7 Å². The molecule has 1 amide bonds. The lowest BCUT2D eigenvalue weighted by atomic mass is 9.97. The van der Waals surface area contributed by atoms with E-state index in [-0.39, 0.29) is 30.3 Å². The van der Waals surface area contributed by atoms with Gasteiger partial charge in [0.2, 0.25) is 0 Å². The Labute approximate surface area is 238 Å². The maximum atomic E-state index is 13.2. The van der Waals surface area contributed by atoms with Gasteiger partial charge in [-0.2, -0.15) is 13.2 Å². The highest BCUT2D eigenvalue weighted by Gasteiger charge is 2.32. The zero-order valence-electron chi connectivity index (χ0n) is 23.2. The van der Waals surface area contributed by atoms with Gasteiger partial charge in [-0.05, 0) is 56.2 Å². The molecule has 1 aromatic heterocycles. The van der Waals surface area contributed by atoms with E-state index in [1.807, 2.05) is 4.90 Å². The number of amides is 1. The molecule has 3 fully saturated rings. The number of halogens is 3. The van der Waals surface area contributed by atoms with Gasteiger partial charge in [-0.25, -0.2) is 9.97 Å². The fourth-order valence-corrected chi connectivity index (χ4v) is 5.82. The Morgan fingerprint density at radius 2 is 1.88 bits per heavy atom. The Bertz CT molecular complexity index is 1140. The van der Waals surface area contributed by atoms with Crippen LogP contribution in [0.1, 0.15) is 66.2 Å². The minimum atomic E-state index is -4.36. The summed E-state index contributed by atoms with van der Waals surface area (Å²) in [6.45, 7) is 3.08. The van der Waals surface area contributed by atoms with Crippen LogP contribution in [0.3, 0.4) is 0 Å². The number of nitrogens with one attached hydrogen (secondary N) is 2. The Balaban J connectivity index is 1.10. The second-order valence-electron chi connectivity index (χ2n) is 10.9. The largest absolute Gasteiger partial charge is 0.416 e. The first-order valence-electron chi connectivity index (χ1n) is 14.3. The summed E-state index contributed by atoms with van der Waals surface area (Å²) < 4.78 is 56.0. The average Bonchev–Trinajstić information content (AvgIpc) is 3.00. The lowest BCUT2D eigenvalue weighted by Crippen LogP contribution is -2.54. The van der Waals surface area contributed by atoms with E-state index in [0.717, 1.165) is 62.8 Å². The molecular weight excluding hydrogens is 539 g/mol. The number of carbonyl (C=O) groups is 1. The summed E-state index contributed by atoms with van der Waals surface area (Å²) in [6.07, 6.45) is 1.77. The van der Waals surface area contributed by atoms with Gasteiger partial charge >= 0.3 is 6.18 Å². The number of carbonyl (C=O) groups excluding carboxylic acids is 1. The molecule has 3 aliphatic rings. The molecule has 5 rings (SSSR count). The Morgan fingerprint density at radius 1 is 1.10 bits per heavy atom. The van der Waals surface area contributed by atoms with Crippen LogP contribution in [0.4, 0.5) is 19.0 Å². The van der Waals surface area contributed by atoms with Gasteiger partial charge in [-0.1, -0.05) is 12.1 Å². The van der Waals surface area contributed by atoms with Gasteiger partial charge in [0.05, 0.1) is 30.5 Å². The normalized spacial score (nSPS) is 26.1. The number of aromatic nitrogens is 2. The Morgan fingerprint density at radius 3 is 2.61 bits per heavy atom. The monoisotopic (exact) mass is 577 g/mol. The third kappa shape index (κ3) is 7.73. The fraction of sp³-hybridized carbons (Fsp3) is 0.621. The van der Waals surface area contributed by atoms with E-state index in [9.17, 15) is 18.0 Å². The van der Waals surface area contributed by atoms with Crippen LogP contribution < -0.4 is 10.6 Å². The number of anilines is 1. The van der Waals surface area contributed by atoms with Gasteiger partial charge in [0, 0.05) is 51.5 Å². The summed E-state index contributed by atoms with van der Waals surface area (Å²) in [6, 6.07) is 7.43. The van der Waals surface area contributed by atoms with Crippen molar-refractivity contribution in [1.29, 1.82) is 0 Å². The van der Waals surface area contributed by atoms with Gasteiger partial charge in [0.15, 0.2) is 0 Å². The molecule has 3 aliphatic heterocycles. The molecule has 12 heteroatoms.